The number of carbonyl (C=O) groups excluding carboxylic acids is 1. The van der Waals surface area contributed by atoms with Gasteiger partial charge in [0.15, 0.2) is 0 Å². The molecule has 96 valence electrons. The topological polar surface area (TPSA) is 76.3 Å². The molecule has 8 heteroatoms. The Balaban J connectivity index is 2.54. The van der Waals surface area contributed by atoms with Gasteiger partial charge in [0.25, 0.3) is 0 Å². The first-order valence-electron chi connectivity index (χ1n) is 5.15. The number of alkyl halides is 1. The average Bonchev–Trinajstić information content (AvgIpc) is 2.61. The van der Waals surface area contributed by atoms with Crippen LogP contribution in [0.1, 0.15) is 12.0 Å². The number of pyridine rings is 1. The summed E-state index contributed by atoms with van der Waals surface area (Å²) in [6.07, 6.45) is 1.81. The van der Waals surface area contributed by atoms with E-state index in [9.17, 15) is 14.9 Å². The van der Waals surface area contributed by atoms with Gasteiger partial charge in [-0.1, -0.05) is 15.9 Å². The van der Waals surface area contributed by atoms with Gasteiger partial charge in [0.05, 0.1) is 4.92 Å². The summed E-state index contributed by atoms with van der Waals surface area (Å²) in [5, 5.41) is 11.1. The molecule has 0 aliphatic carbocycles. The van der Waals surface area contributed by atoms with Crippen LogP contribution in [0, 0.1) is 17.0 Å². The Morgan fingerprint density at radius 2 is 2.28 bits per heavy atom. The third-order valence-corrected chi connectivity index (χ3v) is 4.15. The summed E-state index contributed by atoms with van der Waals surface area (Å²) in [5.41, 5.74) is 0.343. The maximum atomic E-state index is 11.8. The lowest BCUT2D eigenvalue weighted by Crippen LogP contribution is -2.26. The van der Waals surface area contributed by atoms with Crippen LogP contribution in [0.2, 0.25) is 0 Å². The molecule has 1 aliphatic heterocycles. The SMILES string of the molecule is Cc1c(Br)cnc(N2CC(Br)CC2=O)c1[N+](=O)[O-]. The van der Waals surface area contributed by atoms with Crippen molar-refractivity contribution < 1.29 is 9.72 Å². The molecule has 6 nitrogen and oxygen atoms in total. The fraction of sp³-hybridized carbons (Fsp3) is 0.400. The maximum absolute atomic E-state index is 11.8. The van der Waals surface area contributed by atoms with Crippen LogP contribution >= 0.6 is 31.9 Å². The van der Waals surface area contributed by atoms with E-state index in [-0.39, 0.29) is 22.2 Å². The highest BCUT2D eigenvalue weighted by molar-refractivity contribution is 9.10. The van der Waals surface area contributed by atoms with Crippen LogP contribution in [0.15, 0.2) is 10.7 Å². The van der Waals surface area contributed by atoms with Gasteiger partial charge in [0.1, 0.15) is 0 Å². The zero-order valence-electron chi connectivity index (χ0n) is 9.39. The summed E-state index contributed by atoms with van der Waals surface area (Å²) in [5.74, 6) is -0.0400. The number of hydrogen-bond acceptors (Lipinski definition) is 4. The van der Waals surface area contributed by atoms with E-state index in [0.717, 1.165) is 0 Å². The lowest BCUT2D eigenvalue weighted by molar-refractivity contribution is -0.384. The Labute approximate surface area is 120 Å². The lowest BCUT2D eigenvalue weighted by Gasteiger charge is -2.15. The molecular weight excluding hydrogens is 370 g/mol. The fourth-order valence-electron chi connectivity index (χ4n) is 1.84. The molecule has 2 heterocycles. The largest absolute Gasteiger partial charge is 0.316 e. The Morgan fingerprint density at radius 3 is 2.78 bits per heavy atom. The zero-order valence-corrected chi connectivity index (χ0v) is 12.6. The zero-order chi connectivity index (χ0) is 13.4. The molecule has 0 saturated carbocycles. The van der Waals surface area contributed by atoms with Crippen molar-refractivity contribution >= 4 is 49.3 Å². The molecule has 1 aromatic heterocycles. The number of halogens is 2. The van der Waals surface area contributed by atoms with E-state index < -0.39 is 4.92 Å². The van der Waals surface area contributed by atoms with Crippen LogP contribution in [0.4, 0.5) is 11.5 Å². The first-order chi connectivity index (χ1) is 8.41. The quantitative estimate of drug-likeness (QED) is 0.450. The number of amides is 1. The first-order valence-corrected chi connectivity index (χ1v) is 6.86. The Kier molecular flexibility index (Phi) is 3.67. The summed E-state index contributed by atoms with van der Waals surface area (Å²) in [6.45, 7) is 2.02. The highest BCUT2D eigenvalue weighted by Crippen LogP contribution is 2.36. The van der Waals surface area contributed by atoms with E-state index in [1.807, 2.05) is 0 Å². The molecular formula is C10H9Br2N3O3. The van der Waals surface area contributed by atoms with Gasteiger partial charge in [0.2, 0.25) is 11.7 Å². The van der Waals surface area contributed by atoms with E-state index in [1.54, 1.807) is 6.92 Å². The predicted molar refractivity (Wildman–Crippen MR) is 73.0 cm³/mol. The van der Waals surface area contributed by atoms with E-state index >= 15 is 0 Å². The van der Waals surface area contributed by atoms with Crippen molar-refractivity contribution in [3.8, 4) is 0 Å². The Bertz CT molecular complexity index is 535. The average molecular weight is 379 g/mol. The minimum atomic E-state index is -0.503. The molecule has 18 heavy (non-hydrogen) atoms. The first kappa shape index (κ1) is 13.4. The van der Waals surface area contributed by atoms with Crippen molar-refractivity contribution in [3.63, 3.8) is 0 Å². The van der Waals surface area contributed by atoms with Crippen molar-refractivity contribution in [1.29, 1.82) is 0 Å². The van der Waals surface area contributed by atoms with E-state index in [1.165, 1.54) is 11.1 Å². The van der Waals surface area contributed by atoms with Gasteiger partial charge < -0.3 is 0 Å². The summed E-state index contributed by atoms with van der Waals surface area (Å²) < 4.78 is 0.556. The Morgan fingerprint density at radius 1 is 1.61 bits per heavy atom. The second-order valence-corrected chi connectivity index (χ2v) is 6.12. The fourth-order valence-corrected chi connectivity index (χ4v) is 2.70. The van der Waals surface area contributed by atoms with Crippen molar-refractivity contribution in [1.82, 2.24) is 4.98 Å². The standard InChI is InChI=1S/C10H9Br2N3O3/c1-5-7(12)3-13-10(9(5)15(17)18)14-4-6(11)2-8(14)16/h3,6H,2,4H2,1H3. The number of hydrogen-bond donors (Lipinski definition) is 0. The number of aromatic nitrogens is 1. The molecule has 1 fully saturated rings. The van der Waals surface area contributed by atoms with Crippen LogP contribution in [0.5, 0.6) is 0 Å². The predicted octanol–water partition coefficient (Wildman–Crippen LogP) is 2.56. The van der Waals surface area contributed by atoms with Crippen LogP contribution in [0.3, 0.4) is 0 Å². The smallest absolute Gasteiger partial charge is 0.290 e. The van der Waals surface area contributed by atoms with Crippen LogP contribution < -0.4 is 4.90 Å². The highest BCUT2D eigenvalue weighted by atomic mass is 79.9. The Hall–Kier alpha value is -1.02. The number of nitro groups is 1. The molecule has 0 radical (unpaired) electrons. The second-order valence-electron chi connectivity index (χ2n) is 3.97. The van der Waals surface area contributed by atoms with Crippen LogP contribution in [0.25, 0.3) is 0 Å². The third kappa shape index (κ3) is 2.26. The van der Waals surface area contributed by atoms with Gasteiger partial charge in [-0.15, -0.1) is 0 Å². The minimum Gasteiger partial charge on any atom is -0.290 e. The molecule has 0 N–H and O–H groups in total. The highest BCUT2D eigenvalue weighted by Gasteiger charge is 2.35. The van der Waals surface area contributed by atoms with E-state index in [2.05, 4.69) is 36.8 Å². The van der Waals surface area contributed by atoms with Gasteiger partial charge in [0, 0.05) is 34.0 Å². The molecule has 1 amide bonds. The number of carbonyl (C=O) groups is 1. The molecule has 0 aromatic carbocycles. The van der Waals surface area contributed by atoms with Gasteiger partial charge >= 0.3 is 5.69 Å². The number of nitrogens with zero attached hydrogens (tertiary/aromatic N) is 3. The normalized spacial score (nSPS) is 19.4. The van der Waals surface area contributed by atoms with Gasteiger partial charge in [-0.25, -0.2) is 4.98 Å². The summed E-state index contributed by atoms with van der Waals surface area (Å²) in [6, 6.07) is 0. The summed E-state index contributed by atoms with van der Waals surface area (Å²) in [7, 11) is 0. The van der Waals surface area contributed by atoms with Gasteiger partial charge in [-0.2, -0.15) is 0 Å². The molecule has 1 unspecified atom stereocenters. The molecule has 0 spiro atoms. The van der Waals surface area contributed by atoms with Crippen molar-refractivity contribution in [2.45, 2.75) is 18.2 Å². The summed E-state index contributed by atoms with van der Waals surface area (Å²) in [4.78, 5) is 27.8. The lowest BCUT2D eigenvalue weighted by atomic mass is 10.2. The molecule has 1 saturated heterocycles. The van der Waals surface area contributed by atoms with Crippen LogP contribution in [-0.4, -0.2) is 27.2 Å². The molecule has 1 atom stereocenters. The molecule has 0 bridgehead atoms. The maximum Gasteiger partial charge on any atom is 0.316 e. The number of rotatable bonds is 2. The van der Waals surface area contributed by atoms with Crippen LogP contribution in [-0.2, 0) is 4.79 Å². The molecule has 1 aromatic rings. The van der Waals surface area contributed by atoms with Crippen molar-refractivity contribution in [3.05, 3.63) is 26.3 Å². The third-order valence-electron chi connectivity index (χ3n) is 2.74. The van der Waals surface area contributed by atoms with E-state index in [4.69, 9.17) is 0 Å². The molecule has 1 aliphatic rings. The van der Waals surface area contributed by atoms with Crippen molar-refractivity contribution in [2.75, 3.05) is 11.4 Å². The summed E-state index contributed by atoms with van der Waals surface area (Å²) >= 11 is 6.55. The van der Waals surface area contributed by atoms with Gasteiger partial charge in [-0.3, -0.25) is 19.8 Å². The van der Waals surface area contributed by atoms with E-state index in [0.29, 0.717) is 23.0 Å². The number of anilines is 1. The van der Waals surface area contributed by atoms with Gasteiger partial charge in [-0.05, 0) is 22.9 Å². The second kappa shape index (κ2) is 4.93. The van der Waals surface area contributed by atoms with Crippen molar-refractivity contribution in [2.24, 2.45) is 0 Å². The monoisotopic (exact) mass is 377 g/mol. The molecule has 2 rings (SSSR count). The minimum absolute atomic E-state index is 0.00959.